The van der Waals surface area contributed by atoms with Crippen molar-refractivity contribution < 1.29 is 4.39 Å². The van der Waals surface area contributed by atoms with Crippen molar-refractivity contribution in [1.29, 1.82) is 0 Å². The third-order valence-corrected chi connectivity index (χ3v) is 1.66. The largest absolute Gasteiger partial charge is 0.396 e. The van der Waals surface area contributed by atoms with Gasteiger partial charge in [0.2, 0.25) is 0 Å². The third kappa shape index (κ3) is 1.62. The molecule has 0 heterocycles. The van der Waals surface area contributed by atoms with Crippen LogP contribution in [0, 0.1) is 5.82 Å². The van der Waals surface area contributed by atoms with Gasteiger partial charge in [-0.15, -0.1) is 6.58 Å². The predicted octanol–water partition coefficient (Wildman–Crippen LogP) is 1.59. The highest BCUT2D eigenvalue weighted by Crippen LogP contribution is 2.16. The van der Waals surface area contributed by atoms with Crippen molar-refractivity contribution in [3.8, 4) is 0 Å². The van der Waals surface area contributed by atoms with Gasteiger partial charge in [-0.05, 0) is 17.7 Å². The maximum atomic E-state index is 12.9. The molecular formula is C9H11FN2. The SMILES string of the molecule is C=C[C@@H](N)c1ccc(N)c(F)c1. The van der Waals surface area contributed by atoms with E-state index < -0.39 is 5.82 Å². The quantitative estimate of drug-likeness (QED) is 0.518. The maximum Gasteiger partial charge on any atom is 0.146 e. The van der Waals surface area contributed by atoms with Crippen molar-refractivity contribution in [2.24, 2.45) is 5.73 Å². The number of hydrogen-bond donors (Lipinski definition) is 2. The Balaban J connectivity index is 3.04. The zero-order chi connectivity index (χ0) is 9.14. The summed E-state index contributed by atoms with van der Waals surface area (Å²) in [7, 11) is 0. The molecule has 3 heteroatoms. The van der Waals surface area contributed by atoms with Gasteiger partial charge in [0.25, 0.3) is 0 Å². The standard InChI is InChI=1S/C9H11FN2/c1-2-8(11)6-3-4-9(12)7(10)5-6/h2-5,8H,1,11-12H2/t8-/m1/s1. The summed E-state index contributed by atoms with van der Waals surface area (Å²) in [6.45, 7) is 3.51. The van der Waals surface area contributed by atoms with Crippen molar-refractivity contribution in [1.82, 2.24) is 0 Å². The Bertz CT molecular complexity index is 297. The molecule has 0 aliphatic rings. The first-order valence-electron chi connectivity index (χ1n) is 3.58. The molecule has 0 unspecified atom stereocenters. The molecule has 0 spiro atoms. The molecule has 1 rings (SSSR count). The number of rotatable bonds is 2. The fraction of sp³-hybridized carbons (Fsp3) is 0.111. The molecule has 0 saturated carbocycles. The highest BCUT2D eigenvalue weighted by Gasteiger charge is 2.03. The maximum absolute atomic E-state index is 12.9. The number of hydrogen-bond acceptors (Lipinski definition) is 2. The lowest BCUT2D eigenvalue weighted by Crippen LogP contribution is -2.07. The number of benzene rings is 1. The minimum Gasteiger partial charge on any atom is -0.396 e. The fourth-order valence-electron chi connectivity index (χ4n) is 0.887. The van der Waals surface area contributed by atoms with Gasteiger partial charge in [-0.25, -0.2) is 4.39 Å². The Hall–Kier alpha value is -1.35. The summed E-state index contributed by atoms with van der Waals surface area (Å²) in [5.74, 6) is -0.440. The first-order chi connectivity index (χ1) is 5.65. The molecule has 12 heavy (non-hydrogen) atoms. The van der Waals surface area contributed by atoms with Crippen molar-refractivity contribution in [2.75, 3.05) is 5.73 Å². The number of nitrogen functional groups attached to an aromatic ring is 1. The summed E-state index contributed by atoms with van der Waals surface area (Å²) in [5, 5.41) is 0. The smallest absolute Gasteiger partial charge is 0.146 e. The van der Waals surface area contributed by atoms with Crippen molar-refractivity contribution in [3.63, 3.8) is 0 Å². The zero-order valence-corrected chi connectivity index (χ0v) is 6.63. The van der Waals surface area contributed by atoms with E-state index in [4.69, 9.17) is 11.5 Å². The second-order valence-electron chi connectivity index (χ2n) is 2.54. The average molecular weight is 166 g/mol. The predicted molar refractivity (Wildman–Crippen MR) is 47.9 cm³/mol. The monoisotopic (exact) mass is 166 g/mol. The first-order valence-corrected chi connectivity index (χ1v) is 3.58. The van der Waals surface area contributed by atoms with Gasteiger partial charge < -0.3 is 11.5 Å². The van der Waals surface area contributed by atoms with E-state index in [9.17, 15) is 4.39 Å². The summed E-state index contributed by atoms with van der Waals surface area (Å²) in [4.78, 5) is 0. The van der Waals surface area contributed by atoms with E-state index in [1.54, 1.807) is 12.1 Å². The van der Waals surface area contributed by atoms with E-state index in [0.717, 1.165) is 0 Å². The third-order valence-electron chi connectivity index (χ3n) is 1.66. The molecule has 1 aromatic rings. The molecule has 64 valence electrons. The number of nitrogens with two attached hydrogens (primary N) is 2. The normalized spacial score (nSPS) is 12.5. The average Bonchev–Trinajstić information content (AvgIpc) is 2.08. The van der Waals surface area contributed by atoms with Crippen LogP contribution < -0.4 is 11.5 Å². The Morgan fingerprint density at radius 1 is 1.50 bits per heavy atom. The van der Waals surface area contributed by atoms with Gasteiger partial charge in [0.05, 0.1) is 5.69 Å². The van der Waals surface area contributed by atoms with Crippen LogP contribution in [-0.2, 0) is 0 Å². The van der Waals surface area contributed by atoms with E-state index in [1.165, 1.54) is 12.1 Å². The van der Waals surface area contributed by atoms with E-state index >= 15 is 0 Å². The van der Waals surface area contributed by atoms with Crippen LogP contribution in [0.25, 0.3) is 0 Å². The second kappa shape index (κ2) is 3.36. The Morgan fingerprint density at radius 2 is 2.17 bits per heavy atom. The van der Waals surface area contributed by atoms with E-state index in [0.29, 0.717) is 5.56 Å². The van der Waals surface area contributed by atoms with Crippen LogP contribution in [0.4, 0.5) is 10.1 Å². The van der Waals surface area contributed by atoms with Gasteiger partial charge in [0.1, 0.15) is 5.82 Å². The first kappa shape index (κ1) is 8.74. The number of anilines is 1. The molecule has 4 N–H and O–H groups in total. The molecule has 0 aliphatic carbocycles. The lowest BCUT2D eigenvalue weighted by atomic mass is 10.1. The molecule has 0 aromatic heterocycles. The van der Waals surface area contributed by atoms with Crippen LogP contribution in [0.2, 0.25) is 0 Å². The summed E-state index contributed by atoms with van der Waals surface area (Å²) >= 11 is 0. The van der Waals surface area contributed by atoms with Gasteiger partial charge >= 0.3 is 0 Å². The highest BCUT2D eigenvalue weighted by atomic mass is 19.1. The molecule has 0 radical (unpaired) electrons. The van der Waals surface area contributed by atoms with Gasteiger partial charge in [-0.2, -0.15) is 0 Å². The minimum absolute atomic E-state index is 0.134. The summed E-state index contributed by atoms with van der Waals surface area (Å²) < 4.78 is 12.9. The van der Waals surface area contributed by atoms with Crippen molar-refractivity contribution in [3.05, 3.63) is 42.2 Å². The summed E-state index contributed by atoms with van der Waals surface area (Å²) in [6.07, 6.45) is 1.55. The molecule has 2 nitrogen and oxygen atoms in total. The highest BCUT2D eigenvalue weighted by molar-refractivity contribution is 5.42. The Kier molecular flexibility index (Phi) is 2.45. The van der Waals surface area contributed by atoms with Crippen LogP contribution in [0.3, 0.4) is 0 Å². The van der Waals surface area contributed by atoms with E-state index in [2.05, 4.69) is 6.58 Å². The van der Waals surface area contributed by atoms with Gasteiger partial charge in [0, 0.05) is 6.04 Å². The van der Waals surface area contributed by atoms with Crippen LogP contribution >= 0.6 is 0 Å². The van der Waals surface area contributed by atoms with Crippen LogP contribution in [-0.4, -0.2) is 0 Å². The van der Waals surface area contributed by atoms with Crippen molar-refractivity contribution >= 4 is 5.69 Å². The van der Waals surface area contributed by atoms with Crippen LogP contribution in [0.1, 0.15) is 11.6 Å². The minimum atomic E-state index is -0.440. The lowest BCUT2D eigenvalue weighted by molar-refractivity contribution is 0.629. The molecule has 0 saturated heterocycles. The fourth-order valence-corrected chi connectivity index (χ4v) is 0.887. The van der Waals surface area contributed by atoms with Gasteiger partial charge in [-0.1, -0.05) is 12.1 Å². The molecule has 1 atom stereocenters. The van der Waals surface area contributed by atoms with Crippen LogP contribution in [0.5, 0.6) is 0 Å². The molecule has 1 aromatic carbocycles. The second-order valence-corrected chi connectivity index (χ2v) is 2.54. The van der Waals surface area contributed by atoms with Crippen LogP contribution in [0.15, 0.2) is 30.9 Å². The molecule has 0 amide bonds. The Morgan fingerprint density at radius 3 is 2.67 bits per heavy atom. The van der Waals surface area contributed by atoms with Gasteiger partial charge in [0.15, 0.2) is 0 Å². The summed E-state index contributed by atoms with van der Waals surface area (Å²) in [6, 6.07) is 4.17. The molecule has 0 aliphatic heterocycles. The zero-order valence-electron chi connectivity index (χ0n) is 6.63. The topological polar surface area (TPSA) is 52.0 Å². The van der Waals surface area contributed by atoms with Crippen molar-refractivity contribution in [2.45, 2.75) is 6.04 Å². The molecule has 0 bridgehead atoms. The van der Waals surface area contributed by atoms with E-state index in [-0.39, 0.29) is 11.7 Å². The molecular weight excluding hydrogens is 155 g/mol. The van der Waals surface area contributed by atoms with Gasteiger partial charge in [-0.3, -0.25) is 0 Å². The summed E-state index contributed by atoms with van der Waals surface area (Å²) in [5.41, 5.74) is 11.7. The molecule has 0 fully saturated rings. The lowest BCUT2D eigenvalue weighted by Gasteiger charge is -2.06. The number of halogens is 1. The Labute approximate surface area is 70.7 Å². The van der Waals surface area contributed by atoms with E-state index in [1.807, 2.05) is 0 Å².